The van der Waals surface area contributed by atoms with Gasteiger partial charge in [-0.25, -0.2) is 0 Å². The van der Waals surface area contributed by atoms with E-state index >= 15 is 0 Å². The average molecular weight is 270 g/mol. The van der Waals surface area contributed by atoms with E-state index in [1.807, 2.05) is 12.1 Å². The van der Waals surface area contributed by atoms with Crippen molar-refractivity contribution in [2.75, 3.05) is 20.2 Å². The lowest BCUT2D eigenvalue weighted by atomic mass is 9.99. The summed E-state index contributed by atoms with van der Waals surface area (Å²) < 4.78 is 11.3. The lowest BCUT2D eigenvalue weighted by molar-refractivity contribution is 0.138. The van der Waals surface area contributed by atoms with Gasteiger partial charge < -0.3 is 14.8 Å². The van der Waals surface area contributed by atoms with Gasteiger partial charge in [-0.2, -0.15) is 0 Å². The molecule has 0 radical (unpaired) electrons. The molecule has 1 fully saturated rings. The predicted molar refractivity (Wildman–Crippen MR) is 73.7 cm³/mol. The van der Waals surface area contributed by atoms with E-state index in [4.69, 9.17) is 21.1 Å². The molecule has 2 atom stereocenters. The van der Waals surface area contributed by atoms with Gasteiger partial charge in [-0.05, 0) is 31.5 Å². The summed E-state index contributed by atoms with van der Waals surface area (Å²) in [6, 6.07) is 5.51. The molecule has 1 heterocycles. The highest BCUT2D eigenvalue weighted by Gasteiger charge is 2.25. The molecule has 1 aliphatic rings. The molecule has 0 aromatic heterocycles. The third kappa shape index (κ3) is 3.30. The molecular weight excluding hydrogens is 250 g/mol. The van der Waals surface area contributed by atoms with Crippen molar-refractivity contribution in [2.24, 2.45) is 5.92 Å². The molecule has 0 spiro atoms. The number of rotatable bonds is 5. The Balaban J connectivity index is 2.08. The minimum absolute atomic E-state index is 0.239. The van der Waals surface area contributed by atoms with Crippen LogP contribution >= 0.6 is 11.6 Å². The van der Waals surface area contributed by atoms with E-state index in [9.17, 15) is 0 Å². The monoisotopic (exact) mass is 269 g/mol. The molecule has 100 valence electrons. The molecular formula is C14H20ClNO2. The van der Waals surface area contributed by atoms with Crippen LogP contribution in [0.15, 0.2) is 18.2 Å². The molecule has 2 rings (SSSR count). The van der Waals surface area contributed by atoms with Crippen LogP contribution in [0.1, 0.15) is 19.8 Å². The van der Waals surface area contributed by atoms with Gasteiger partial charge in [-0.3, -0.25) is 0 Å². The van der Waals surface area contributed by atoms with Crippen LogP contribution in [0, 0.1) is 5.92 Å². The normalized spacial score (nSPS) is 20.7. The van der Waals surface area contributed by atoms with Crippen LogP contribution in [-0.4, -0.2) is 26.3 Å². The number of hydrogen-bond donors (Lipinski definition) is 1. The molecule has 0 bridgehead atoms. The summed E-state index contributed by atoms with van der Waals surface area (Å²) in [5.74, 6) is 2.11. The van der Waals surface area contributed by atoms with E-state index in [1.165, 1.54) is 6.42 Å². The van der Waals surface area contributed by atoms with Crippen molar-refractivity contribution < 1.29 is 9.47 Å². The first-order valence-electron chi connectivity index (χ1n) is 6.45. The maximum Gasteiger partial charge on any atom is 0.124 e. The number of nitrogens with one attached hydrogen (secondary N) is 1. The summed E-state index contributed by atoms with van der Waals surface area (Å²) in [7, 11) is 1.63. The number of hydrogen-bond acceptors (Lipinski definition) is 3. The van der Waals surface area contributed by atoms with Crippen molar-refractivity contribution in [2.45, 2.75) is 25.9 Å². The van der Waals surface area contributed by atoms with Crippen LogP contribution < -0.4 is 14.8 Å². The van der Waals surface area contributed by atoms with E-state index in [0.717, 1.165) is 31.0 Å². The summed E-state index contributed by atoms with van der Waals surface area (Å²) in [5, 5.41) is 4.02. The van der Waals surface area contributed by atoms with Gasteiger partial charge in [-0.1, -0.05) is 18.5 Å². The maximum absolute atomic E-state index is 6.07. The molecule has 1 aromatic rings. The number of halogens is 1. The Hall–Kier alpha value is -0.930. The highest BCUT2D eigenvalue weighted by Crippen LogP contribution is 2.29. The largest absolute Gasteiger partial charge is 0.497 e. The quantitative estimate of drug-likeness (QED) is 0.891. The summed E-state index contributed by atoms with van der Waals surface area (Å²) in [5.41, 5.74) is 0. The lowest BCUT2D eigenvalue weighted by Gasteiger charge is -2.23. The molecule has 0 aliphatic carbocycles. The van der Waals surface area contributed by atoms with E-state index in [-0.39, 0.29) is 6.10 Å². The highest BCUT2D eigenvalue weighted by atomic mass is 35.5. The van der Waals surface area contributed by atoms with Crippen molar-refractivity contribution in [1.82, 2.24) is 5.32 Å². The van der Waals surface area contributed by atoms with Crippen LogP contribution in [0.25, 0.3) is 0 Å². The van der Waals surface area contributed by atoms with Gasteiger partial charge in [0.1, 0.15) is 17.6 Å². The number of ether oxygens (including phenoxy) is 2. The summed E-state index contributed by atoms with van der Waals surface area (Å²) in [4.78, 5) is 0. The van der Waals surface area contributed by atoms with Gasteiger partial charge in [0.25, 0.3) is 0 Å². The van der Waals surface area contributed by atoms with Crippen LogP contribution in [0.5, 0.6) is 11.5 Å². The predicted octanol–water partition coefficient (Wildman–Crippen LogP) is 3.12. The SMILES string of the molecule is CC[C@H](Oc1cc(Cl)cc(OC)c1)[C@H]1CCNC1. The van der Waals surface area contributed by atoms with Gasteiger partial charge in [0.15, 0.2) is 0 Å². The fourth-order valence-corrected chi connectivity index (χ4v) is 2.62. The number of methoxy groups -OCH3 is 1. The molecule has 18 heavy (non-hydrogen) atoms. The topological polar surface area (TPSA) is 30.5 Å². The minimum atomic E-state index is 0.239. The molecule has 1 N–H and O–H groups in total. The Morgan fingerprint density at radius 2 is 2.17 bits per heavy atom. The molecule has 0 unspecified atom stereocenters. The molecule has 0 amide bonds. The first kappa shape index (κ1) is 13.5. The van der Waals surface area contributed by atoms with Crippen LogP contribution in [-0.2, 0) is 0 Å². The van der Waals surface area contributed by atoms with Crippen molar-refractivity contribution >= 4 is 11.6 Å². The average Bonchev–Trinajstić information content (AvgIpc) is 2.89. The Morgan fingerprint density at radius 3 is 2.78 bits per heavy atom. The zero-order valence-corrected chi connectivity index (χ0v) is 11.7. The third-order valence-electron chi connectivity index (χ3n) is 3.39. The fourth-order valence-electron chi connectivity index (χ4n) is 2.40. The van der Waals surface area contributed by atoms with Crippen molar-refractivity contribution in [1.29, 1.82) is 0 Å². The lowest BCUT2D eigenvalue weighted by Crippen LogP contribution is -2.28. The summed E-state index contributed by atoms with van der Waals surface area (Å²) >= 11 is 6.04. The van der Waals surface area contributed by atoms with Gasteiger partial charge in [0.2, 0.25) is 0 Å². The van der Waals surface area contributed by atoms with Gasteiger partial charge >= 0.3 is 0 Å². The van der Waals surface area contributed by atoms with Gasteiger partial charge in [0, 0.05) is 23.6 Å². The van der Waals surface area contributed by atoms with Crippen LogP contribution in [0.2, 0.25) is 5.02 Å². The first-order chi connectivity index (χ1) is 8.72. The van der Waals surface area contributed by atoms with E-state index in [1.54, 1.807) is 13.2 Å². The van der Waals surface area contributed by atoms with E-state index < -0.39 is 0 Å². The second kappa shape index (κ2) is 6.30. The summed E-state index contributed by atoms with van der Waals surface area (Å²) in [6.45, 7) is 4.28. The van der Waals surface area contributed by atoms with E-state index in [0.29, 0.717) is 10.9 Å². The smallest absolute Gasteiger partial charge is 0.124 e. The van der Waals surface area contributed by atoms with Crippen molar-refractivity contribution in [3.05, 3.63) is 23.2 Å². The molecule has 4 heteroatoms. The molecule has 1 aromatic carbocycles. The second-order valence-corrected chi connectivity index (χ2v) is 5.08. The Labute approximate surface area is 113 Å². The molecule has 3 nitrogen and oxygen atoms in total. The first-order valence-corrected chi connectivity index (χ1v) is 6.82. The Bertz CT molecular complexity index is 391. The fraction of sp³-hybridized carbons (Fsp3) is 0.571. The summed E-state index contributed by atoms with van der Waals surface area (Å²) in [6.07, 6.45) is 2.42. The zero-order valence-electron chi connectivity index (χ0n) is 10.9. The zero-order chi connectivity index (χ0) is 13.0. The van der Waals surface area contributed by atoms with Crippen molar-refractivity contribution in [3.8, 4) is 11.5 Å². The second-order valence-electron chi connectivity index (χ2n) is 4.64. The van der Waals surface area contributed by atoms with Crippen molar-refractivity contribution in [3.63, 3.8) is 0 Å². The van der Waals surface area contributed by atoms with Gasteiger partial charge in [-0.15, -0.1) is 0 Å². The molecule has 1 saturated heterocycles. The van der Waals surface area contributed by atoms with Crippen LogP contribution in [0.4, 0.5) is 0 Å². The van der Waals surface area contributed by atoms with Crippen LogP contribution in [0.3, 0.4) is 0 Å². The minimum Gasteiger partial charge on any atom is -0.497 e. The molecule has 1 aliphatic heterocycles. The third-order valence-corrected chi connectivity index (χ3v) is 3.61. The van der Waals surface area contributed by atoms with Gasteiger partial charge in [0.05, 0.1) is 7.11 Å². The maximum atomic E-state index is 6.07. The number of benzene rings is 1. The highest BCUT2D eigenvalue weighted by molar-refractivity contribution is 6.30. The standard InChI is InChI=1S/C14H20ClNO2/c1-3-14(10-4-5-16-9-10)18-13-7-11(15)6-12(8-13)17-2/h6-8,10,14,16H,3-5,9H2,1-2H3/t10-,14-/m0/s1. The van der Waals surface area contributed by atoms with E-state index in [2.05, 4.69) is 12.2 Å². The Kier molecular flexibility index (Phi) is 4.72. The Morgan fingerprint density at radius 1 is 1.39 bits per heavy atom. The molecule has 0 saturated carbocycles.